The van der Waals surface area contributed by atoms with Gasteiger partial charge in [-0.25, -0.2) is 9.97 Å². The van der Waals surface area contributed by atoms with Gasteiger partial charge in [-0.1, -0.05) is 0 Å². The van der Waals surface area contributed by atoms with E-state index in [1.165, 1.54) is 0 Å². The van der Waals surface area contributed by atoms with Crippen LogP contribution in [0.2, 0.25) is 0 Å². The Balaban J connectivity index is 1.09. The fourth-order valence-corrected chi connectivity index (χ4v) is 5.05. The topological polar surface area (TPSA) is 107 Å². The molecule has 1 aliphatic heterocycles. The molecule has 0 unspecified atom stereocenters. The first-order valence-corrected chi connectivity index (χ1v) is 12.3. The van der Waals surface area contributed by atoms with E-state index in [-0.39, 0.29) is 17.3 Å². The Morgan fingerprint density at radius 3 is 2.47 bits per heavy atom. The maximum absolute atomic E-state index is 12.5. The van der Waals surface area contributed by atoms with Gasteiger partial charge in [0.2, 0.25) is 5.82 Å². The summed E-state index contributed by atoms with van der Waals surface area (Å²) in [5, 5.41) is 2.92. The standard InChI is InChI=1S/C25H29N7O2/c33-24-20-4-2-1-3-19(20)22-21(30-24)11-16(12-26-22)15-31-7-9-32(10-8-31)18-13-27-23(28-14-18)25(34)29-17-5-6-17/h11-14,17H,1-10,15H2,(H,29,34)(H,30,33). The lowest BCUT2D eigenvalue weighted by atomic mass is 9.91. The number of anilines is 1. The number of nitrogens with zero attached hydrogens (tertiary/aromatic N) is 5. The SMILES string of the molecule is O=C(NC1CC1)c1ncc(N2CCN(Cc3cnc4c5c(c(=O)[nH]c4c3)CCCC5)CC2)cn1. The number of nitrogens with one attached hydrogen (secondary N) is 2. The number of fused-ring (bicyclic) bond motifs is 3. The van der Waals surface area contributed by atoms with E-state index in [4.69, 9.17) is 4.98 Å². The van der Waals surface area contributed by atoms with Crippen molar-refractivity contribution in [3.05, 3.63) is 57.5 Å². The summed E-state index contributed by atoms with van der Waals surface area (Å²) in [7, 11) is 0. The highest BCUT2D eigenvalue weighted by Gasteiger charge is 2.25. The zero-order chi connectivity index (χ0) is 23.1. The Hall–Kier alpha value is -3.33. The summed E-state index contributed by atoms with van der Waals surface area (Å²) in [6, 6.07) is 2.39. The second-order valence-corrected chi connectivity index (χ2v) is 9.63. The van der Waals surface area contributed by atoms with Crippen LogP contribution >= 0.6 is 0 Å². The van der Waals surface area contributed by atoms with Crippen LogP contribution in [0.5, 0.6) is 0 Å². The number of hydrogen-bond donors (Lipinski definition) is 2. The molecular formula is C25H29N7O2. The average molecular weight is 460 g/mol. The molecule has 2 fully saturated rings. The molecule has 9 heteroatoms. The van der Waals surface area contributed by atoms with Crippen molar-refractivity contribution in [2.45, 2.75) is 51.1 Å². The first-order valence-electron chi connectivity index (χ1n) is 12.3. The molecule has 0 aromatic carbocycles. The van der Waals surface area contributed by atoms with E-state index in [0.29, 0.717) is 6.04 Å². The maximum Gasteiger partial charge on any atom is 0.289 e. The number of aryl methyl sites for hydroxylation is 1. The lowest BCUT2D eigenvalue weighted by Gasteiger charge is -2.35. The third-order valence-electron chi connectivity index (χ3n) is 7.12. The van der Waals surface area contributed by atoms with Crippen molar-refractivity contribution >= 4 is 22.6 Å². The number of piperazine rings is 1. The monoisotopic (exact) mass is 459 g/mol. The van der Waals surface area contributed by atoms with Gasteiger partial charge in [-0.2, -0.15) is 0 Å². The van der Waals surface area contributed by atoms with E-state index in [1.54, 1.807) is 12.4 Å². The Kier molecular flexibility index (Phi) is 5.49. The van der Waals surface area contributed by atoms with Gasteiger partial charge in [-0.05, 0) is 55.7 Å². The van der Waals surface area contributed by atoms with Crippen LogP contribution in [0, 0.1) is 0 Å². The number of carbonyl (C=O) groups is 1. The average Bonchev–Trinajstić information content (AvgIpc) is 3.69. The Morgan fingerprint density at radius 2 is 1.74 bits per heavy atom. The van der Waals surface area contributed by atoms with E-state index in [0.717, 1.165) is 105 Å². The van der Waals surface area contributed by atoms with E-state index < -0.39 is 0 Å². The second kappa shape index (κ2) is 8.79. The molecule has 3 aromatic heterocycles. The quantitative estimate of drug-likeness (QED) is 0.599. The van der Waals surface area contributed by atoms with Crippen LogP contribution in [0.4, 0.5) is 5.69 Å². The van der Waals surface area contributed by atoms with E-state index in [9.17, 15) is 9.59 Å². The predicted octanol–water partition coefficient (Wildman–Crippen LogP) is 1.81. The summed E-state index contributed by atoms with van der Waals surface area (Å²) in [5.74, 6) is 0.0436. The molecule has 6 rings (SSSR count). The van der Waals surface area contributed by atoms with Gasteiger partial charge in [0.25, 0.3) is 11.5 Å². The van der Waals surface area contributed by atoms with Crippen molar-refractivity contribution in [3.63, 3.8) is 0 Å². The molecule has 176 valence electrons. The molecule has 4 heterocycles. The first kappa shape index (κ1) is 21.2. The summed E-state index contributed by atoms with van der Waals surface area (Å²) in [6.07, 6.45) is 11.5. The minimum absolute atomic E-state index is 0.0491. The maximum atomic E-state index is 12.5. The summed E-state index contributed by atoms with van der Waals surface area (Å²) >= 11 is 0. The fourth-order valence-electron chi connectivity index (χ4n) is 5.05. The molecule has 0 spiro atoms. The van der Waals surface area contributed by atoms with Crippen LogP contribution in [0.3, 0.4) is 0 Å². The van der Waals surface area contributed by atoms with Gasteiger partial charge >= 0.3 is 0 Å². The van der Waals surface area contributed by atoms with Crippen molar-refractivity contribution < 1.29 is 4.79 Å². The predicted molar refractivity (Wildman–Crippen MR) is 129 cm³/mol. The van der Waals surface area contributed by atoms with Gasteiger partial charge in [0.1, 0.15) is 0 Å². The zero-order valence-electron chi connectivity index (χ0n) is 19.2. The number of pyridine rings is 2. The van der Waals surface area contributed by atoms with Crippen LogP contribution in [-0.2, 0) is 19.4 Å². The Morgan fingerprint density at radius 1 is 1.00 bits per heavy atom. The van der Waals surface area contributed by atoms with Crippen molar-refractivity contribution in [2.75, 3.05) is 31.1 Å². The number of aromatic amines is 1. The van der Waals surface area contributed by atoms with Gasteiger partial charge in [-0.3, -0.25) is 19.5 Å². The molecule has 34 heavy (non-hydrogen) atoms. The number of aromatic nitrogens is 4. The summed E-state index contributed by atoms with van der Waals surface area (Å²) < 4.78 is 0. The molecule has 1 saturated heterocycles. The zero-order valence-corrected chi connectivity index (χ0v) is 19.2. The van der Waals surface area contributed by atoms with Crippen LogP contribution in [-0.4, -0.2) is 63.0 Å². The molecule has 2 N–H and O–H groups in total. The minimum atomic E-state index is -0.190. The largest absolute Gasteiger partial charge is 0.366 e. The fraction of sp³-hybridized carbons (Fsp3) is 0.480. The first-order chi connectivity index (χ1) is 16.6. The number of amides is 1. The lowest BCUT2D eigenvalue weighted by molar-refractivity contribution is 0.0940. The summed E-state index contributed by atoms with van der Waals surface area (Å²) in [6.45, 7) is 4.34. The summed E-state index contributed by atoms with van der Waals surface area (Å²) in [5.41, 5.74) is 5.98. The molecule has 2 aliphatic carbocycles. The second-order valence-electron chi connectivity index (χ2n) is 9.63. The van der Waals surface area contributed by atoms with E-state index >= 15 is 0 Å². The van der Waals surface area contributed by atoms with Gasteiger partial charge in [-0.15, -0.1) is 0 Å². The number of H-pyrrole nitrogens is 1. The van der Waals surface area contributed by atoms with Gasteiger partial charge < -0.3 is 15.2 Å². The molecule has 0 bridgehead atoms. The molecule has 3 aliphatic rings. The van der Waals surface area contributed by atoms with Crippen molar-refractivity contribution in [2.24, 2.45) is 0 Å². The number of rotatable bonds is 5. The smallest absolute Gasteiger partial charge is 0.289 e. The van der Waals surface area contributed by atoms with Crippen molar-refractivity contribution in [1.82, 2.24) is 30.2 Å². The minimum Gasteiger partial charge on any atom is -0.366 e. The van der Waals surface area contributed by atoms with Gasteiger partial charge in [0.15, 0.2) is 0 Å². The highest BCUT2D eigenvalue weighted by molar-refractivity contribution is 5.90. The van der Waals surface area contributed by atoms with Gasteiger partial charge in [0, 0.05) is 50.5 Å². The number of hydrogen-bond acceptors (Lipinski definition) is 7. The molecular weight excluding hydrogens is 430 g/mol. The van der Waals surface area contributed by atoms with Crippen LogP contribution < -0.4 is 15.8 Å². The van der Waals surface area contributed by atoms with Crippen LogP contribution in [0.15, 0.2) is 29.5 Å². The van der Waals surface area contributed by atoms with E-state index in [1.807, 2.05) is 6.20 Å². The highest BCUT2D eigenvalue weighted by Crippen LogP contribution is 2.25. The highest BCUT2D eigenvalue weighted by atomic mass is 16.2. The molecule has 0 radical (unpaired) electrons. The Bertz CT molecular complexity index is 1270. The normalized spacial score (nSPS) is 18.6. The summed E-state index contributed by atoms with van der Waals surface area (Å²) in [4.78, 5) is 45.6. The number of carbonyl (C=O) groups excluding carboxylic acids is 1. The molecule has 3 aromatic rings. The third-order valence-corrected chi connectivity index (χ3v) is 7.12. The molecule has 9 nitrogen and oxygen atoms in total. The lowest BCUT2D eigenvalue weighted by Crippen LogP contribution is -2.46. The van der Waals surface area contributed by atoms with Crippen molar-refractivity contribution in [3.8, 4) is 0 Å². The van der Waals surface area contributed by atoms with Crippen LogP contribution in [0.1, 0.15) is 53.0 Å². The molecule has 1 saturated carbocycles. The van der Waals surface area contributed by atoms with Crippen LogP contribution in [0.25, 0.3) is 11.0 Å². The third kappa shape index (κ3) is 4.27. The molecule has 0 atom stereocenters. The van der Waals surface area contributed by atoms with Gasteiger partial charge in [0.05, 0.1) is 29.1 Å². The van der Waals surface area contributed by atoms with Crippen molar-refractivity contribution in [1.29, 1.82) is 0 Å². The van der Waals surface area contributed by atoms with E-state index in [2.05, 4.69) is 36.1 Å². The Labute approximate surface area is 197 Å². The molecule has 1 amide bonds.